The molecule has 1 heterocycles. The van der Waals surface area contributed by atoms with E-state index in [2.05, 4.69) is 16.6 Å². The van der Waals surface area contributed by atoms with Crippen LogP contribution in [0.3, 0.4) is 0 Å². The highest BCUT2D eigenvalue weighted by molar-refractivity contribution is 7.99. The molecule has 46 heavy (non-hydrogen) atoms. The molecule has 0 bridgehead atoms. The van der Waals surface area contributed by atoms with Gasteiger partial charge in [-0.15, -0.1) is 11.8 Å². The number of nitrogens with zero attached hydrogens (tertiary/aromatic N) is 2. The Morgan fingerprint density at radius 3 is 2.15 bits per heavy atom. The van der Waals surface area contributed by atoms with Crippen LogP contribution in [0.2, 0.25) is 5.02 Å². The molecule has 5 nitrogen and oxygen atoms in total. The van der Waals surface area contributed by atoms with Crippen molar-refractivity contribution in [2.75, 3.05) is 5.75 Å². The Morgan fingerprint density at radius 2 is 1.46 bits per heavy atom. The standard InChI is InChI=1S/C39H33ClN2O3S/c1-3-42-36-19-13-28(38(43)32-12-8-7-9-26(32)2)23-33(36)34-24-29(14-20-37(34)42)39(44)35(41-45-25-27-10-5-4-6-11-27)21-22-46-31-17-15-30(40)16-18-31/h4-20,23-24H,3,21-22,25H2,1-2H3. The molecular weight excluding hydrogens is 612 g/mol. The SMILES string of the molecule is CCn1c2ccc(C(=O)C(CCSc3ccc(Cl)cc3)=NOCc3ccccc3)cc2c2cc(C(=O)c3ccccc3C)ccc21. The summed E-state index contributed by atoms with van der Waals surface area (Å²) in [5.74, 6) is 0.437. The lowest BCUT2D eigenvalue weighted by Crippen LogP contribution is -2.16. The van der Waals surface area contributed by atoms with Gasteiger partial charge in [-0.25, -0.2) is 0 Å². The highest BCUT2D eigenvalue weighted by atomic mass is 35.5. The largest absolute Gasteiger partial charge is 0.391 e. The summed E-state index contributed by atoms with van der Waals surface area (Å²) in [6.07, 6.45) is 0.421. The second-order valence-electron chi connectivity index (χ2n) is 11.0. The van der Waals surface area contributed by atoms with E-state index in [1.807, 2.05) is 122 Å². The van der Waals surface area contributed by atoms with Gasteiger partial charge >= 0.3 is 0 Å². The van der Waals surface area contributed by atoms with Crippen molar-refractivity contribution in [2.45, 2.75) is 38.3 Å². The Morgan fingerprint density at radius 1 is 0.804 bits per heavy atom. The number of Topliss-reactive ketones (excluding diaryl/α,β-unsaturated/α-hetero) is 1. The van der Waals surface area contributed by atoms with Gasteiger partial charge in [0.05, 0.1) is 0 Å². The molecule has 0 radical (unpaired) electrons. The van der Waals surface area contributed by atoms with E-state index in [0.717, 1.165) is 44.4 Å². The molecule has 0 aliphatic rings. The highest BCUT2D eigenvalue weighted by Crippen LogP contribution is 2.32. The molecule has 230 valence electrons. The van der Waals surface area contributed by atoms with Crippen LogP contribution in [0, 0.1) is 6.92 Å². The van der Waals surface area contributed by atoms with E-state index in [0.29, 0.717) is 39.6 Å². The number of aryl methyl sites for hydroxylation is 2. The summed E-state index contributed by atoms with van der Waals surface area (Å²) in [7, 11) is 0. The van der Waals surface area contributed by atoms with E-state index in [9.17, 15) is 9.59 Å². The normalized spacial score (nSPS) is 11.7. The molecule has 6 rings (SSSR count). The van der Waals surface area contributed by atoms with Gasteiger partial charge in [0, 0.05) is 67.1 Å². The maximum Gasteiger partial charge on any atom is 0.210 e. The van der Waals surface area contributed by atoms with E-state index in [4.69, 9.17) is 16.4 Å². The van der Waals surface area contributed by atoms with Gasteiger partial charge in [0.1, 0.15) is 12.3 Å². The summed E-state index contributed by atoms with van der Waals surface area (Å²) in [6.45, 7) is 5.06. The van der Waals surface area contributed by atoms with Crippen LogP contribution in [0.1, 0.15) is 50.8 Å². The third-order valence-corrected chi connectivity index (χ3v) is 9.29. The van der Waals surface area contributed by atoms with E-state index in [1.54, 1.807) is 11.8 Å². The number of oxime groups is 1. The van der Waals surface area contributed by atoms with Crippen molar-refractivity contribution in [3.8, 4) is 0 Å². The summed E-state index contributed by atoms with van der Waals surface area (Å²) in [6, 6.07) is 36.6. The zero-order chi connectivity index (χ0) is 32.0. The molecule has 0 fully saturated rings. The molecule has 0 aliphatic heterocycles. The number of carbonyl (C=O) groups is 2. The molecule has 0 saturated carbocycles. The van der Waals surface area contributed by atoms with Gasteiger partial charge in [-0.1, -0.05) is 71.4 Å². The van der Waals surface area contributed by atoms with Gasteiger partial charge in [0.2, 0.25) is 5.78 Å². The van der Waals surface area contributed by atoms with Gasteiger partial charge in [-0.3, -0.25) is 9.59 Å². The summed E-state index contributed by atoms with van der Waals surface area (Å²) < 4.78 is 2.21. The second-order valence-corrected chi connectivity index (χ2v) is 12.6. The Balaban J connectivity index is 1.33. The molecule has 0 aliphatic carbocycles. The van der Waals surface area contributed by atoms with Crippen molar-refractivity contribution < 1.29 is 14.4 Å². The van der Waals surface area contributed by atoms with E-state index < -0.39 is 0 Å². The number of hydrogen-bond donors (Lipinski definition) is 0. The number of fused-ring (bicyclic) bond motifs is 3. The number of thioether (sulfide) groups is 1. The maximum absolute atomic E-state index is 14.0. The summed E-state index contributed by atoms with van der Waals surface area (Å²) >= 11 is 7.68. The lowest BCUT2D eigenvalue weighted by atomic mass is 9.97. The Hall–Kier alpha value is -4.65. The Bertz CT molecular complexity index is 2070. The minimum absolute atomic E-state index is 0.0206. The maximum atomic E-state index is 14.0. The summed E-state index contributed by atoms with van der Waals surface area (Å²) in [5, 5.41) is 6.90. The first-order valence-electron chi connectivity index (χ1n) is 15.2. The van der Waals surface area contributed by atoms with Crippen molar-refractivity contribution in [2.24, 2.45) is 5.16 Å². The first-order valence-corrected chi connectivity index (χ1v) is 16.6. The molecule has 0 N–H and O–H groups in total. The van der Waals surface area contributed by atoms with Crippen molar-refractivity contribution in [3.63, 3.8) is 0 Å². The van der Waals surface area contributed by atoms with E-state index in [-0.39, 0.29) is 18.2 Å². The van der Waals surface area contributed by atoms with Gasteiger partial charge in [0.15, 0.2) is 5.78 Å². The topological polar surface area (TPSA) is 60.7 Å². The number of halogens is 1. The zero-order valence-corrected chi connectivity index (χ0v) is 27.3. The van der Waals surface area contributed by atoms with Crippen LogP contribution >= 0.6 is 23.4 Å². The van der Waals surface area contributed by atoms with Crippen LogP contribution in [0.25, 0.3) is 21.8 Å². The molecule has 0 atom stereocenters. The summed E-state index contributed by atoms with van der Waals surface area (Å²) in [4.78, 5) is 34.3. The minimum atomic E-state index is -0.184. The smallest absolute Gasteiger partial charge is 0.210 e. The van der Waals surface area contributed by atoms with Crippen molar-refractivity contribution in [1.82, 2.24) is 4.57 Å². The predicted octanol–water partition coefficient (Wildman–Crippen LogP) is 9.95. The molecule has 6 aromatic rings. The first kappa shape index (κ1) is 31.3. The van der Waals surface area contributed by atoms with Crippen LogP contribution in [0.5, 0.6) is 0 Å². The minimum Gasteiger partial charge on any atom is -0.391 e. The quantitative estimate of drug-likeness (QED) is 0.0576. The van der Waals surface area contributed by atoms with Crippen LogP contribution in [0.15, 0.2) is 125 Å². The number of carbonyl (C=O) groups excluding carboxylic acids is 2. The predicted molar refractivity (Wildman–Crippen MR) is 190 cm³/mol. The van der Waals surface area contributed by atoms with Crippen LogP contribution in [-0.2, 0) is 18.0 Å². The molecular formula is C39H33ClN2O3S. The van der Waals surface area contributed by atoms with Gasteiger partial charge in [0.25, 0.3) is 0 Å². The Kier molecular flexibility index (Phi) is 9.67. The fourth-order valence-electron chi connectivity index (χ4n) is 5.63. The van der Waals surface area contributed by atoms with Crippen LogP contribution in [0.4, 0.5) is 0 Å². The van der Waals surface area contributed by atoms with Crippen LogP contribution < -0.4 is 0 Å². The molecule has 7 heteroatoms. The zero-order valence-electron chi connectivity index (χ0n) is 25.7. The van der Waals surface area contributed by atoms with Crippen molar-refractivity contribution >= 4 is 62.4 Å². The number of rotatable bonds is 12. The lowest BCUT2D eigenvalue weighted by molar-refractivity contribution is 0.102. The third kappa shape index (κ3) is 6.79. The molecule has 1 aromatic heterocycles. The second kappa shape index (κ2) is 14.2. The molecule has 0 saturated heterocycles. The van der Waals surface area contributed by atoms with Crippen molar-refractivity contribution in [3.05, 3.63) is 148 Å². The number of benzene rings is 5. The number of ketones is 2. The highest BCUT2D eigenvalue weighted by Gasteiger charge is 2.20. The molecule has 0 amide bonds. The van der Waals surface area contributed by atoms with Gasteiger partial charge in [-0.05, 0) is 85.6 Å². The lowest BCUT2D eigenvalue weighted by Gasteiger charge is -2.08. The number of hydrogen-bond acceptors (Lipinski definition) is 5. The molecule has 0 spiro atoms. The fourth-order valence-corrected chi connectivity index (χ4v) is 6.62. The van der Waals surface area contributed by atoms with Crippen LogP contribution in [-0.4, -0.2) is 27.6 Å². The van der Waals surface area contributed by atoms with E-state index in [1.165, 1.54) is 0 Å². The summed E-state index contributed by atoms with van der Waals surface area (Å²) in [5.41, 5.74) is 6.11. The first-order chi connectivity index (χ1) is 22.4. The average Bonchev–Trinajstić information content (AvgIpc) is 3.40. The molecule has 5 aromatic carbocycles. The monoisotopic (exact) mass is 644 g/mol. The van der Waals surface area contributed by atoms with Gasteiger partial charge < -0.3 is 9.40 Å². The number of aromatic nitrogens is 1. The third-order valence-electron chi connectivity index (χ3n) is 8.03. The Labute approximate surface area is 277 Å². The van der Waals surface area contributed by atoms with E-state index >= 15 is 0 Å². The fraction of sp³-hybridized carbons (Fsp3) is 0.154. The molecule has 0 unspecified atom stereocenters. The average molecular weight is 645 g/mol. The van der Waals surface area contributed by atoms with Gasteiger partial charge in [-0.2, -0.15) is 0 Å². The van der Waals surface area contributed by atoms with Crippen molar-refractivity contribution in [1.29, 1.82) is 0 Å².